The maximum atomic E-state index is 13.4. The molecule has 1 atom stereocenters. The second-order valence-corrected chi connectivity index (χ2v) is 8.56. The Labute approximate surface area is 206 Å². The molecule has 3 heterocycles. The zero-order chi connectivity index (χ0) is 24.5. The van der Waals surface area contributed by atoms with Gasteiger partial charge in [0.25, 0.3) is 11.7 Å². The van der Waals surface area contributed by atoms with Gasteiger partial charge >= 0.3 is 0 Å². The molecule has 0 radical (unpaired) electrons. The lowest BCUT2D eigenvalue weighted by Crippen LogP contribution is -2.29. The molecule has 2 aromatic heterocycles. The van der Waals surface area contributed by atoms with Crippen LogP contribution in [0.3, 0.4) is 0 Å². The lowest BCUT2D eigenvalue weighted by atomic mass is 9.94. The number of fused-ring (bicyclic) bond motifs is 1. The van der Waals surface area contributed by atoms with E-state index in [1.807, 2.05) is 31.2 Å². The molecule has 35 heavy (non-hydrogen) atoms. The number of amides is 1. The number of carbonyl (C=O) groups is 2. The summed E-state index contributed by atoms with van der Waals surface area (Å²) < 4.78 is 5.56. The molecule has 1 aliphatic heterocycles. The van der Waals surface area contributed by atoms with E-state index in [0.717, 1.165) is 22.0 Å². The number of ketones is 1. The molecule has 0 spiro atoms. The summed E-state index contributed by atoms with van der Waals surface area (Å²) in [5.41, 5.74) is 2.75. The van der Waals surface area contributed by atoms with E-state index in [1.54, 1.807) is 48.9 Å². The average molecular weight is 488 g/mol. The summed E-state index contributed by atoms with van der Waals surface area (Å²) in [7, 11) is 0. The highest BCUT2D eigenvalue weighted by Crippen LogP contribution is 2.43. The van der Waals surface area contributed by atoms with Crippen molar-refractivity contribution >= 4 is 40.0 Å². The van der Waals surface area contributed by atoms with Crippen LogP contribution in [0.25, 0.3) is 16.7 Å². The minimum Gasteiger partial charge on any atom is -0.507 e. The molecule has 2 N–H and O–H groups in total. The number of aromatic amines is 1. The number of H-pyrrole nitrogens is 1. The van der Waals surface area contributed by atoms with Crippen LogP contribution in [0.15, 0.2) is 78.8 Å². The molecular weight excluding hydrogens is 466 g/mol. The number of Topliss-reactive ketones (excluding diaryl/α,β-unsaturated/α-hetero) is 1. The van der Waals surface area contributed by atoms with Gasteiger partial charge in [-0.25, -0.2) is 0 Å². The summed E-state index contributed by atoms with van der Waals surface area (Å²) >= 11 is 6.22. The molecule has 7 nitrogen and oxygen atoms in total. The van der Waals surface area contributed by atoms with Crippen LogP contribution in [-0.4, -0.2) is 38.3 Å². The normalized spacial score (nSPS) is 17.3. The quantitative estimate of drug-likeness (QED) is 0.220. The Kier molecular flexibility index (Phi) is 6.01. The largest absolute Gasteiger partial charge is 0.507 e. The average Bonchev–Trinajstić information content (AvgIpc) is 3.40. The van der Waals surface area contributed by atoms with E-state index < -0.39 is 17.7 Å². The van der Waals surface area contributed by atoms with Gasteiger partial charge in [-0.1, -0.05) is 29.8 Å². The van der Waals surface area contributed by atoms with Crippen molar-refractivity contribution in [3.8, 4) is 5.75 Å². The predicted molar refractivity (Wildman–Crippen MR) is 133 cm³/mol. The third kappa shape index (κ3) is 4.04. The number of nitrogens with one attached hydrogen (secondary N) is 1. The standard InChI is InChI=1S/C27H22ClN3O4/c1-2-35-22-13-17(7-8-20(22)28)25(32)23-24(19-14-30-21-6-4-3-5-18(19)21)31(27(34)26(23)33)15-16-9-11-29-12-10-16/h3-14,24,30,32H,2,15H2,1H3/b25-23+. The molecule has 1 unspecified atom stereocenters. The summed E-state index contributed by atoms with van der Waals surface area (Å²) in [6.45, 7) is 2.39. The molecule has 1 saturated heterocycles. The molecule has 176 valence electrons. The van der Waals surface area contributed by atoms with E-state index >= 15 is 0 Å². The topological polar surface area (TPSA) is 95.5 Å². The van der Waals surface area contributed by atoms with E-state index in [4.69, 9.17) is 16.3 Å². The molecule has 2 aromatic carbocycles. The number of nitrogens with zero attached hydrogens (tertiary/aromatic N) is 2. The fourth-order valence-corrected chi connectivity index (χ4v) is 4.62. The van der Waals surface area contributed by atoms with Crippen molar-refractivity contribution in [1.29, 1.82) is 0 Å². The van der Waals surface area contributed by atoms with Crippen molar-refractivity contribution in [2.24, 2.45) is 0 Å². The number of ether oxygens (including phenoxy) is 1. The third-order valence-corrected chi connectivity index (χ3v) is 6.37. The Bertz CT molecular complexity index is 1460. The number of benzene rings is 2. The smallest absolute Gasteiger partial charge is 0.295 e. The van der Waals surface area contributed by atoms with Crippen molar-refractivity contribution in [3.63, 3.8) is 0 Å². The van der Waals surface area contributed by atoms with Crippen LogP contribution in [-0.2, 0) is 16.1 Å². The van der Waals surface area contributed by atoms with Gasteiger partial charge in [-0.05, 0) is 48.9 Å². The first-order valence-corrected chi connectivity index (χ1v) is 11.5. The molecule has 1 aliphatic rings. The number of aromatic nitrogens is 2. The van der Waals surface area contributed by atoms with Crippen LogP contribution >= 0.6 is 11.6 Å². The number of likely N-dealkylation sites (tertiary alicyclic amines) is 1. The number of hydrogen-bond acceptors (Lipinski definition) is 5. The minimum atomic E-state index is -0.800. The maximum absolute atomic E-state index is 13.4. The number of pyridine rings is 1. The predicted octanol–water partition coefficient (Wildman–Crippen LogP) is 5.24. The molecule has 1 fully saturated rings. The van der Waals surface area contributed by atoms with E-state index in [2.05, 4.69) is 9.97 Å². The second kappa shape index (κ2) is 9.27. The minimum absolute atomic E-state index is 0.0126. The number of aliphatic hydroxyl groups is 1. The van der Waals surface area contributed by atoms with Crippen LogP contribution in [0, 0.1) is 0 Å². The molecule has 1 amide bonds. The van der Waals surface area contributed by atoms with Crippen molar-refractivity contribution < 1.29 is 19.4 Å². The van der Waals surface area contributed by atoms with Crippen LogP contribution in [0.1, 0.15) is 29.7 Å². The first kappa shape index (κ1) is 22.7. The van der Waals surface area contributed by atoms with E-state index in [9.17, 15) is 14.7 Å². The van der Waals surface area contributed by atoms with Crippen molar-refractivity contribution in [2.75, 3.05) is 6.61 Å². The van der Waals surface area contributed by atoms with E-state index in [-0.39, 0.29) is 17.9 Å². The third-order valence-electron chi connectivity index (χ3n) is 6.06. The number of aliphatic hydroxyl groups excluding tert-OH is 1. The number of rotatable bonds is 6. The maximum Gasteiger partial charge on any atom is 0.295 e. The molecule has 5 rings (SSSR count). The van der Waals surface area contributed by atoms with Crippen LogP contribution in [0.2, 0.25) is 5.02 Å². The highest BCUT2D eigenvalue weighted by Gasteiger charge is 2.46. The SMILES string of the molecule is CCOc1cc(/C(O)=C2\C(=O)C(=O)N(Cc3ccncc3)C2c2c[nH]c3ccccc23)ccc1Cl. The van der Waals surface area contributed by atoms with E-state index in [1.165, 1.54) is 4.90 Å². The number of halogens is 1. The molecule has 0 saturated carbocycles. The summed E-state index contributed by atoms with van der Waals surface area (Å²) in [5.74, 6) is -1.33. The Morgan fingerprint density at radius 1 is 1.14 bits per heavy atom. The Hall–Kier alpha value is -4.10. The van der Waals surface area contributed by atoms with Gasteiger partial charge in [0, 0.05) is 47.2 Å². The fourth-order valence-electron chi connectivity index (χ4n) is 4.44. The number of carbonyl (C=O) groups excluding carboxylic acids is 2. The highest BCUT2D eigenvalue weighted by atomic mass is 35.5. The van der Waals surface area contributed by atoms with Crippen molar-refractivity contribution in [1.82, 2.24) is 14.9 Å². The monoisotopic (exact) mass is 487 g/mol. The number of para-hydroxylation sites is 1. The first-order chi connectivity index (χ1) is 17.0. The molecule has 0 bridgehead atoms. The Morgan fingerprint density at radius 2 is 1.91 bits per heavy atom. The second-order valence-electron chi connectivity index (χ2n) is 8.15. The van der Waals surface area contributed by atoms with Crippen LogP contribution in [0.5, 0.6) is 5.75 Å². The van der Waals surface area contributed by atoms with Gasteiger partial charge in [-0.2, -0.15) is 0 Å². The Morgan fingerprint density at radius 3 is 2.69 bits per heavy atom. The fraction of sp³-hybridized carbons (Fsp3) is 0.148. The van der Waals surface area contributed by atoms with Gasteiger partial charge in [-0.3, -0.25) is 14.6 Å². The van der Waals surface area contributed by atoms with Crippen molar-refractivity contribution in [3.05, 3.63) is 100 Å². The lowest BCUT2D eigenvalue weighted by Gasteiger charge is -2.25. The van der Waals surface area contributed by atoms with Gasteiger partial charge in [0.15, 0.2) is 0 Å². The van der Waals surface area contributed by atoms with Gasteiger partial charge in [0.05, 0.1) is 23.2 Å². The lowest BCUT2D eigenvalue weighted by molar-refractivity contribution is -0.140. The van der Waals surface area contributed by atoms with Crippen LogP contribution in [0.4, 0.5) is 0 Å². The van der Waals surface area contributed by atoms with Gasteiger partial charge < -0.3 is 19.7 Å². The van der Waals surface area contributed by atoms with Gasteiger partial charge in [0.2, 0.25) is 0 Å². The first-order valence-electron chi connectivity index (χ1n) is 11.2. The van der Waals surface area contributed by atoms with Gasteiger partial charge in [-0.15, -0.1) is 0 Å². The van der Waals surface area contributed by atoms with Crippen molar-refractivity contribution in [2.45, 2.75) is 19.5 Å². The highest BCUT2D eigenvalue weighted by molar-refractivity contribution is 6.46. The molecule has 0 aliphatic carbocycles. The van der Waals surface area contributed by atoms with E-state index in [0.29, 0.717) is 22.9 Å². The zero-order valence-corrected chi connectivity index (χ0v) is 19.6. The molecule has 8 heteroatoms. The summed E-state index contributed by atoms with van der Waals surface area (Å²) in [6.07, 6.45) is 5.05. The summed E-state index contributed by atoms with van der Waals surface area (Å²) in [5, 5.41) is 12.6. The van der Waals surface area contributed by atoms with Gasteiger partial charge in [0.1, 0.15) is 11.5 Å². The Balaban J connectivity index is 1.70. The number of hydrogen-bond donors (Lipinski definition) is 2. The molecule has 4 aromatic rings. The van der Waals surface area contributed by atoms with Crippen LogP contribution < -0.4 is 4.74 Å². The zero-order valence-electron chi connectivity index (χ0n) is 18.9. The summed E-state index contributed by atoms with van der Waals surface area (Å²) in [4.78, 5) is 35.4. The molecular formula is C27H22ClN3O4. The summed E-state index contributed by atoms with van der Waals surface area (Å²) in [6, 6.07) is 15.2.